The molecule has 70 valence electrons. The van der Waals surface area contributed by atoms with Gasteiger partial charge in [-0.25, -0.2) is 0 Å². The van der Waals surface area contributed by atoms with Gasteiger partial charge >= 0.3 is 0 Å². The van der Waals surface area contributed by atoms with Gasteiger partial charge in [0.1, 0.15) is 0 Å². The second kappa shape index (κ2) is 3.73. The first-order chi connectivity index (χ1) is 5.86. The summed E-state index contributed by atoms with van der Waals surface area (Å²) in [4.78, 5) is 0. The highest BCUT2D eigenvalue weighted by Gasteiger charge is 2.30. The van der Waals surface area contributed by atoms with Gasteiger partial charge in [0.25, 0.3) is 0 Å². The first-order valence-electron chi connectivity index (χ1n) is 4.85. The average molecular weight is 171 g/mol. The van der Waals surface area contributed by atoms with Crippen molar-refractivity contribution in [1.82, 2.24) is 0 Å². The zero-order valence-electron chi connectivity index (χ0n) is 7.37. The number of rotatable bonds is 1. The highest BCUT2D eigenvalue weighted by atomic mass is 16.5. The normalized spacial score (nSPS) is 43.2. The molecule has 0 spiro atoms. The van der Waals surface area contributed by atoms with E-state index >= 15 is 0 Å². The van der Waals surface area contributed by atoms with E-state index in [1.54, 1.807) is 0 Å². The lowest BCUT2D eigenvalue weighted by molar-refractivity contribution is -0.0746. The Balaban J connectivity index is 1.85. The number of hydrogen-bond donors (Lipinski definition) is 1. The van der Waals surface area contributed by atoms with Gasteiger partial charge in [-0.3, -0.25) is 0 Å². The molecule has 3 nitrogen and oxygen atoms in total. The Morgan fingerprint density at radius 1 is 1.00 bits per heavy atom. The second-order valence-electron chi connectivity index (χ2n) is 3.75. The molecule has 2 aliphatic heterocycles. The smallest absolute Gasteiger partial charge is 0.0851 e. The lowest BCUT2D eigenvalue weighted by atomic mass is 9.99. The van der Waals surface area contributed by atoms with Crippen LogP contribution in [0.5, 0.6) is 0 Å². The van der Waals surface area contributed by atoms with E-state index in [-0.39, 0.29) is 6.10 Å². The van der Waals surface area contributed by atoms with Crippen molar-refractivity contribution in [1.29, 1.82) is 0 Å². The van der Waals surface area contributed by atoms with Gasteiger partial charge in [0.2, 0.25) is 0 Å². The molecule has 0 amide bonds. The fourth-order valence-electron chi connectivity index (χ4n) is 2.01. The number of hydrogen-bond acceptors (Lipinski definition) is 3. The molecule has 2 aliphatic rings. The van der Waals surface area contributed by atoms with Crippen molar-refractivity contribution in [2.24, 2.45) is 5.73 Å². The number of nitrogens with two attached hydrogens (primary N) is 1. The van der Waals surface area contributed by atoms with Crippen LogP contribution in [0.3, 0.4) is 0 Å². The molecule has 0 saturated carbocycles. The average Bonchev–Trinajstić information content (AvgIpc) is 2.56. The SMILES string of the molecule is NC1CCOC(C2CCCO2)C1. The van der Waals surface area contributed by atoms with Crippen LogP contribution in [0.1, 0.15) is 25.7 Å². The quantitative estimate of drug-likeness (QED) is 0.630. The van der Waals surface area contributed by atoms with Crippen molar-refractivity contribution in [3.05, 3.63) is 0 Å². The van der Waals surface area contributed by atoms with Gasteiger partial charge in [-0.05, 0) is 25.7 Å². The predicted molar refractivity (Wildman–Crippen MR) is 45.9 cm³/mol. The van der Waals surface area contributed by atoms with Gasteiger partial charge < -0.3 is 15.2 Å². The van der Waals surface area contributed by atoms with Crippen molar-refractivity contribution >= 4 is 0 Å². The fourth-order valence-corrected chi connectivity index (χ4v) is 2.01. The zero-order valence-corrected chi connectivity index (χ0v) is 7.37. The Morgan fingerprint density at radius 2 is 1.83 bits per heavy atom. The molecule has 2 saturated heterocycles. The molecule has 0 radical (unpaired) electrons. The van der Waals surface area contributed by atoms with E-state index in [2.05, 4.69) is 0 Å². The molecule has 3 heteroatoms. The molecule has 2 heterocycles. The highest BCUT2D eigenvalue weighted by molar-refractivity contribution is 4.82. The van der Waals surface area contributed by atoms with Crippen LogP contribution in [0.4, 0.5) is 0 Å². The van der Waals surface area contributed by atoms with Crippen LogP contribution in [0.15, 0.2) is 0 Å². The first kappa shape index (κ1) is 8.48. The molecule has 12 heavy (non-hydrogen) atoms. The molecule has 0 aliphatic carbocycles. The first-order valence-corrected chi connectivity index (χ1v) is 4.85. The van der Waals surface area contributed by atoms with Crippen molar-refractivity contribution in [3.8, 4) is 0 Å². The maximum absolute atomic E-state index is 5.86. The summed E-state index contributed by atoms with van der Waals surface area (Å²) in [5.74, 6) is 0. The van der Waals surface area contributed by atoms with E-state index in [0.29, 0.717) is 12.1 Å². The largest absolute Gasteiger partial charge is 0.376 e. The molecule has 0 aromatic rings. The van der Waals surface area contributed by atoms with Crippen LogP contribution >= 0.6 is 0 Å². The summed E-state index contributed by atoms with van der Waals surface area (Å²) in [6, 6.07) is 0.327. The van der Waals surface area contributed by atoms with Gasteiger partial charge in [-0.1, -0.05) is 0 Å². The fraction of sp³-hybridized carbons (Fsp3) is 1.00. The van der Waals surface area contributed by atoms with E-state index in [9.17, 15) is 0 Å². The summed E-state index contributed by atoms with van der Waals surface area (Å²) < 4.78 is 11.2. The Labute approximate surface area is 73.2 Å². The topological polar surface area (TPSA) is 44.5 Å². The maximum atomic E-state index is 5.86. The molecule has 2 rings (SSSR count). The van der Waals surface area contributed by atoms with Crippen LogP contribution in [0.2, 0.25) is 0 Å². The van der Waals surface area contributed by atoms with Crippen molar-refractivity contribution in [2.75, 3.05) is 13.2 Å². The minimum atomic E-state index is 0.274. The summed E-state index contributed by atoms with van der Waals surface area (Å²) in [5.41, 5.74) is 5.86. The molecule has 0 aromatic heterocycles. The van der Waals surface area contributed by atoms with Gasteiger partial charge in [-0.2, -0.15) is 0 Å². The Morgan fingerprint density at radius 3 is 2.50 bits per heavy atom. The van der Waals surface area contributed by atoms with Crippen LogP contribution in [-0.4, -0.2) is 31.5 Å². The molecule has 2 fully saturated rings. The third-order valence-corrected chi connectivity index (χ3v) is 2.74. The summed E-state index contributed by atoms with van der Waals surface area (Å²) in [5, 5.41) is 0. The minimum absolute atomic E-state index is 0.274. The lowest BCUT2D eigenvalue weighted by Crippen LogP contribution is -2.40. The molecular formula is C9H17NO2. The van der Waals surface area contributed by atoms with E-state index < -0.39 is 0 Å². The molecule has 0 bridgehead atoms. The molecule has 2 N–H and O–H groups in total. The van der Waals surface area contributed by atoms with Crippen LogP contribution < -0.4 is 5.73 Å². The van der Waals surface area contributed by atoms with Gasteiger partial charge in [0.05, 0.1) is 12.2 Å². The zero-order chi connectivity index (χ0) is 8.39. The van der Waals surface area contributed by atoms with Crippen LogP contribution in [0.25, 0.3) is 0 Å². The van der Waals surface area contributed by atoms with E-state index in [0.717, 1.165) is 32.5 Å². The third kappa shape index (κ3) is 1.79. The second-order valence-corrected chi connectivity index (χ2v) is 3.75. The van der Waals surface area contributed by atoms with Crippen LogP contribution in [0, 0.1) is 0 Å². The lowest BCUT2D eigenvalue weighted by Gasteiger charge is -2.30. The molecule has 0 aromatic carbocycles. The Bertz CT molecular complexity index is 145. The summed E-state index contributed by atoms with van der Waals surface area (Å²) in [6.07, 6.45) is 4.91. The highest BCUT2D eigenvalue weighted by Crippen LogP contribution is 2.24. The Kier molecular flexibility index (Phi) is 2.63. The minimum Gasteiger partial charge on any atom is -0.376 e. The summed E-state index contributed by atoms with van der Waals surface area (Å²) in [7, 11) is 0. The predicted octanol–water partition coefficient (Wildman–Crippen LogP) is 0.672. The summed E-state index contributed by atoms with van der Waals surface area (Å²) >= 11 is 0. The molecule has 3 atom stereocenters. The van der Waals surface area contributed by atoms with E-state index in [4.69, 9.17) is 15.2 Å². The van der Waals surface area contributed by atoms with Gasteiger partial charge in [-0.15, -0.1) is 0 Å². The Hall–Kier alpha value is -0.120. The number of ether oxygens (including phenoxy) is 2. The monoisotopic (exact) mass is 171 g/mol. The van der Waals surface area contributed by atoms with Crippen molar-refractivity contribution in [3.63, 3.8) is 0 Å². The van der Waals surface area contributed by atoms with Crippen molar-refractivity contribution < 1.29 is 9.47 Å². The van der Waals surface area contributed by atoms with E-state index in [1.165, 1.54) is 6.42 Å². The van der Waals surface area contributed by atoms with Gasteiger partial charge in [0.15, 0.2) is 0 Å². The standard InChI is InChI=1S/C9H17NO2/c10-7-3-5-12-9(6-7)8-2-1-4-11-8/h7-9H,1-6,10H2. The van der Waals surface area contributed by atoms with E-state index in [1.807, 2.05) is 0 Å². The summed E-state index contributed by atoms with van der Waals surface area (Å²) in [6.45, 7) is 1.71. The van der Waals surface area contributed by atoms with Gasteiger partial charge in [0, 0.05) is 19.3 Å². The van der Waals surface area contributed by atoms with Crippen molar-refractivity contribution in [2.45, 2.75) is 43.9 Å². The van der Waals surface area contributed by atoms with Crippen LogP contribution in [-0.2, 0) is 9.47 Å². The molecular weight excluding hydrogens is 154 g/mol. The maximum Gasteiger partial charge on any atom is 0.0851 e. The molecule has 3 unspecified atom stereocenters. The third-order valence-electron chi connectivity index (χ3n) is 2.74.